The number of carbonyl (C=O) groups is 1. The van der Waals surface area contributed by atoms with Gasteiger partial charge in [0.25, 0.3) is 0 Å². The first-order valence-corrected chi connectivity index (χ1v) is 11.3. The summed E-state index contributed by atoms with van der Waals surface area (Å²) in [5, 5.41) is 3.01. The van der Waals surface area contributed by atoms with Crippen molar-refractivity contribution in [3.8, 4) is 0 Å². The molecule has 0 fully saturated rings. The zero-order valence-corrected chi connectivity index (χ0v) is 17.6. The number of nitrogens with one attached hydrogen (secondary N) is 1. The van der Waals surface area contributed by atoms with Gasteiger partial charge in [-0.15, -0.1) is 0 Å². The highest BCUT2D eigenvalue weighted by molar-refractivity contribution is 5.75. The maximum absolute atomic E-state index is 11.8. The van der Waals surface area contributed by atoms with Crippen molar-refractivity contribution in [3.05, 3.63) is 48.0 Å². The quantitative estimate of drug-likeness (QED) is 0.225. The molecule has 0 bridgehead atoms. The van der Waals surface area contributed by atoms with E-state index in [1.165, 1.54) is 82.6 Å². The van der Waals surface area contributed by atoms with Gasteiger partial charge in [0.2, 0.25) is 5.91 Å². The molecule has 27 heavy (non-hydrogen) atoms. The van der Waals surface area contributed by atoms with E-state index in [0.29, 0.717) is 13.0 Å². The standard InChI is InChI=1S/C25H41NO/c1-2-3-4-5-6-7-8-9-10-11-12-13-14-15-19-22-25(27)26-23-24-20-17-16-18-21-24/h3-4,16-18,20-21H,2,5-15,19,22-23H2,1H3,(H,26,27)/b4-3-. The molecule has 0 aliphatic rings. The van der Waals surface area contributed by atoms with Crippen molar-refractivity contribution in [1.29, 1.82) is 0 Å². The summed E-state index contributed by atoms with van der Waals surface area (Å²) in [6, 6.07) is 10.1. The second-order valence-electron chi connectivity index (χ2n) is 7.57. The van der Waals surface area contributed by atoms with Gasteiger partial charge in [0.15, 0.2) is 0 Å². The van der Waals surface area contributed by atoms with Crippen LogP contribution in [0.15, 0.2) is 42.5 Å². The topological polar surface area (TPSA) is 29.1 Å². The maximum atomic E-state index is 11.8. The van der Waals surface area contributed by atoms with E-state index in [4.69, 9.17) is 0 Å². The lowest BCUT2D eigenvalue weighted by molar-refractivity contribution is -0.121. The van der Waals surface area contributed by atoms with Crippen LogP contribution in [-0.2, 0) is 11.3 Å². The highest BCUT2D eigenvalue weighted by Crippen LogP contribution is 2.12. The first kappa shape index (κ1) is 23.5. The smallest absolute Gasteiger partial charge is 0.220 e. The molecule has 0 aliphatic heterocycles. The van der Waals surface area contributed by atoms with Crippen molar-refractivity contribution in [2.24, 2.45) is 0 Å². The molecule has 0 atom stereocenters. The van der Waals surface area contributed by atoms with Gasteiger partial charge in [-0.3, -0.25) is 4.79 Å². The second-order valence-corrected chi connectivity index (χ2v) is 7.57. The molecule has 152 valence electrons. The van der Waals surface area contributed by atoms with Crippen LogP contribution in [-0.4, -0.2) is 5.91 Å². The Kier molecular flexibility index (Phi) is 15.5. The molecule has 2 nitrogen and oxygen atoms in total. The fraction of sp³-hybridized carbons (Fsp3) is 0.640. The number of unbranched alkanes of at least 4 members (excludes halogenated alkanes) is 11. The average molecular weight is 372 g/mol. The highest BCUT2D eigenvalue weighted by atomic mass is 16.1. The number of hydrogen-bond donors (Lipinski definition) is 1. The van der Waals surface area contributed by atoms with Crippen molar-refractivity contribution in [1.82, 2.24) is 5.32 Å². The van der Waals surface area contributed by atoms with Crippen molar-refractivity contribution >= 4 is 5.91 Å². The van der Waals surface area contributed by atoms with E-state index in [0.717, 1.165) is 6.42 Å². The Bertz CT molecular complexity index is 480. The van der Waals surface area contributed by atoms with Gasteiger partial charge in [-0.25, -0.2) is 0 Å². The van der Waals surface area contributed by atoms with Crippen LogP contribution in [0.25, 0.3) is 0 Å². The van der Waals surface area contributed by atoms with Crippen LogP contribution < -0.4 is 5.32 Å². The lowest BCUT2D eigenvalue weighted by Crippen LogP contribution is -2.22. The van der Waals surface area contributed by atoms with Gasteiger partial charge in [-0.1, -0.05) is 107 Å². The highest BCUT2D eigenvalue weighted by Gasteiger charge is 2.01. The van der Waals surface area contributed by atoms with Crippen LogP contribution in [0.1, 0.15) is 102 Å². The molecule has 1 aromatic rings. The second kappa shape index (κ2) is 17.8. The average Bonchev–Trinajstić information content (AvgIpc) is 2.70. The van der Waals surface area contributed by atoms with E-state index in [2.05, 4.69) is 24.4 Å². The first-order valence-electron chi connectivity index (χ1n) is 11.3. The summed E-state index contributed by atoms with van der Waals surface area (Å²) >= 11 is 0. The van der Waals surface area contributed by atoms with Gasteiger partial charge < -0.3 is 5.32 Å². The predicted molar refractivity (Wildman–Crippen MR) is 118 cm³/mol. The predicted octanol–water partition coefficient (Wildman–Crippen LogP) is 7.34. The van der Waals surface area contributed by atoms with Gasteiger partial charge in [0.05, 0.1) is 0 Å². The molecule has 0 spiro atoms. The minimum atomic E-state index is 0.184. The summed E-state index contributed by atoms with van der Waals surface area (Å²) < 4.78 is 0. The summed E-state index contributed by atoms with van der Waals surface area (Å²) in [5.74, 6) is 0.184. The summed E-state index contributed by atoms with van der Waals surface area (Å²) in [7, 11) is 0. The monoisotopic (exact) mass is 371 g/mol. The normalized spacial score (nSPS) is 11.1. The summed E-state index contributed by atoms with van der Waals surface area (Å²) in [6.07, 6.45) is 22.2. The number of hydrogen-bond acceptors (Lipinski definition) is 1. The number of allylic oxidation sites excluding steroid dienone is 2. The largest absolute Gasteiger partial charge is 0.352 e. The van der Waals surface area contributed by atoms with Crippen LogP contribution in [0, 0.1) is 0 Å². The molecular formula is C25H41NO. The summed E-state index contributed by atoms with van der Waals surface area (Å²) in [6.45, 7) is 2.84. The van der Waals surface area contributed by atoms with Crippen LogP contribution >= 0.6 is 0 Å². The van der Waals surface area contributed by atoms with E-state index < -0.39 is 0 Å². The lowest BCUT2D eigenvalue weighted by Gasteiger charge is -2.05. The van der Waals surface area contributed by atoms with Gasteiger partial charge >= 0.3 is 0 Å². The molecule has 0 heterocycles. The minimum Gasteiger partial charge on any atom is -0.352 e. The van der Waals surface area contributed by atoms with E-state index in [9.17, 15) is 4.79 Å². The molecule has 1 rings (SSSR count). The SMILES string of the molecule is CC/C=C\CCCCCCCCCCCCCC(=O)NCc1ccccc1. The van der Waals surface area contributed by atoms with Crippen LogP contribution in [0.5, 0.6) is 0 Å². The first-order chi connectivity index (χ1) is 13.3. The number of rotatable bonds is 17. The molecule has 0 aromatic heterocycles. The molecule has 0 unspecified atom stereocenters. The molecule has 1 aromatic carbocycles. The minimum absolute atomic E-state index is 0.184. The van der Waals surface area contributed by atoms with Crippen molar-refractivity contribution < 1.29 is 4.79 Å². The number of carbonyl (C=O) groups excluding carboxylic acids is 1. The molecule has 1 amide bonds. The Hall–Kier alpha value is -1.57. The van der Waals surface area contributed by atoms with Crippen LogP contribution in [0.4, 0.5) is 0 Å². The number of amides is 1. The van der Waals surface area contributed by atoms with Crippen molar-refractivity contribution in [2.45, 2.75) is 103 Å². The Balaban J connectivity index is 1.78. The van der Waals surface area contributed by atoms with E-state index in [1.54, 1.807) is 0 Å². The fourth-order valence-electron chi connectivity index (χ4n) is 3.31. The molecule has 0 saturated carbocycles. The molecular weight excluding hydrogens is 330 g/mol. The lowest BCUT2D eigenvalue weighted by atomic mass is 10.0. The van der Waals surface area contributed by atoms with E-state index in [-0.39, 0.29) is 5.91 Å². The van der Waals surface area contributed by atoms with Gasteiger partial charge in [0, 0.05) is 13.0 Å². The third-order valence-corrected chi connectivity index (χ3v) is 5.01. The molecule has 2 heteroatoms. The maximum Gasteiger partial charge on any atom is 0.220 e. The van der Waals surface area contributed by atoms with Crippen LogP contribution in [0.3, 0.4) is 0 Å². The molecule has 0 saturated heterocycles. The third-order valence-electron chi connectivity index (χ3n) is 5.01. The van der Waals surface area contributed by atoms with Gasteiger partial charge in [0.1, 0.15) is 0 Å². The Morgan fingerprint density at radius 1 is 0.778 bits per heavy atom. The van der Waals surface area contributed by atoms with Gasteiger partial charge in [-0.2, -0.15) is 0 Å². The van der Waals surface area contributed by atoms with E-state index >= 15 is 0 Å². The summed E-state index contributed by atoms with van der Waals surface area (Å²) in [5.41, 5.74) is 1.17. The van der Waals surface area contributed by atoms with Crippen LogP contribution in [0.2, 0.25) is 0 Å². The Labute approximate surface area is 167 Å². The van der Waals surface area contributed by atoms with Crippen molar-refractivity contribution in [2.75, 3.05) is 0 Å². The molecule has 0 aliphatic carbocycles. The molecule has 1 N–H and O–H groups in total. The third kappa shape index (κ3) is 15.2. The zero-order chi connectivity index (χ0) is 19.4. The summed E-state index contributed by atoms with van der Waals surface area (Å²) in [4.78, 5) is 11.8. The van der Waals surface area contributed by atoms with Gasteiger partial charge in [-0.05, 0) is 31.2 Å². The van der Waals surface area contributed by atoms with E-state index in [1.807, 2.05) is 30.3 Å². The fourth-order valence-corrected chi connectivity index (χ4v) is 3.31. The zero-order valence-electron chi connectivity index (χ0n) is 17.6. The Morgan fingerprint density at radius 3 is 1.93 bits per heavy atom. The molecule has 0 radical (unpaired) electrons. The van der Waals surface area contributed by atoms with Crippen molar-refractivity contribution in [3.63, 3.8) is 0 Å². The number of benzene rings is 1. The Morgan fingerprint density at radius 2 is 1.33 bits per heavy atom.